The van der Waals surface area contributed by atoms with Gasteiger partial charge in [0.2, 0.25) is 0 Å². The highest BCUT2D eigenvalue weighted by molar-refractivity contribution is 5.85. The summed E-state index contributed by atoms with van der Waals surface area (Å²) in [6.45, 7) is 4.10. The summed E-state index contributed by atoms with van der Waals surface area (Å²) >= 11 is 0. The lowest BCUT2D eigenvalue weighted by Crippen LogP contribution is -1.94. The SMILES string of the molecule is CCCC(C)N=C=N.Cl. The molecule has 54 valence electrons. The average molecular weight is 149 g/mol. The third-order valence-electron chi connectivity index (χ3n) is 0.991. The first-order chi connectivity index (χ1) is 3.81. The zero-order valence-electron chi connectivity index (χ0n) is 5.85. The lowest BCUT2D eigenvalue weighted by molar-refractivity contribution is 0.657. The molecule has 0 spiro atoms. The third kappa shape index (κ3) is 7.67. The van der Waals surface area contributed by atoms with E-state index < -0.39 is 0 Å². The van der Waals surface area contributed by atoms with Gasteiger partial charge in [-0.3, -0.25) is 0 Å². The molecule has 9 heavy (non-hydrogen) atoms. The highest BCUT2D eigenvalue weighted by atomic mass is 35.5. The molecular weight excluding hydrogens is 136 g/mol. The van der Waals surface area contributed by atoms with Gasteiger partial charge in [0.05, 0.1) is 12.1 Å². The lowest BCUT2D eigenvalue weighted by atomic mass is 10.2. The van der Waals surface area contributed by atoms with Gasteiger partial charge < -0.3 is 0 Å². The molecule has 0 aromatic heterocycles. The van der Waals surface area contributed by atoms with Crippen LogP contribution in [0, 0.1) is 5.41 Å². The molecule has 0 saturated heterocycles. The first-order valence-corrected chi connectivity index (χ1v) is 2.92. The highest BCUT2D eigenvalue weighted by Crippen LogP contribution is 1.97. The van der Waals surface area contributed by atoms with E-state index in [-0.39, 0.29) is 18.4 Å². The van der Waals surface area contributed by atoms with Crippen molar-refractivity contribution in [2.45, 2.75) is 32.7 Å². The summed E-state index contributed by atoms with van der Waals surface area (Å²) < 4.78 is 0. The first kappa shape index (κ1) is 11.5. The quantitative estimate of drug-likeness (QED) is 0.597. The fourth-order valence-corrected chi connectivity index (χ4v) is 0.593. The Balaban J connectivity index is 0. The van der Waals surface area contributed by atoms with Crippen LogP contribution in [0.25, 0.3) is 0 Å². The van der Waals surface area contributed by atoms with Crippen molar-refractivity contribution in [1.82, 2.24) is 0 Å². The molecule has 0 amide bonds. The van der Waals surface area contributed by atoms with Crippen LogP contribution in [0.5, 0.6) is 0 Å². The van der Waals surface area contributed by atoms with Gasteiger partial charge in [-0.2, -0.15) is 0 Å². The maximum atomic E-state index is 6.49. The van der Waals surface area contributed by atoms with Crippen molar-refractivity contribution in [3.63, 3.8) is 0 Å². The molecule has 2 nitrogen and oxygen atoms in total. The minimum atomic E-state index is 0. The molecule has 0 aliphatic rings. The number of hydrogen-bond acceptors (Lipinski definition) is 2. The van der Waals surface area contributed by atoms with Crippen LogP contribution in [0.4, 0.5) is 0 Å². The van der Waals surface area contributed by atoms with E-state index in [2.05, 4.69) is 11.9 Å². The Morgan fingerprint density at radius 1 is 1.67 bits per heavy atom. The fourth-order valence-electron chi connectivity index (χ4n) is 0.593. The van der Waals surface area contributed by atoms with Crippen LogP contribution in [-0.2, 0) is 0 Å². The molecule has 1 atom stereocenters. The van der Waals surface area contributed by atoms with Crippen molar-refractivity contribution in [2.75, 3.05) is 0 Å². The van der Waals surface area contributed by atoms with E-state index in [1.54, 1.807) is 0 Å². The van der Waals surface area contributed by atoms with Gasteiger partial charge >= 0.3 is 0 Å². The maximum Gasteiger partial charge on any atom is 0.0864 e. The van der Waals surface area contributed by atoms with Crippen molar-refractivity contribution in [2.24, 2.45) is 4.99 Å². The van der Waals surface area contributed by atoms with Gasteiger partial charge in [0.1, 0.15) is 0 Å². The summed E-state index contributed by atoms with van der Waals surface area (Å²) in [6, 6.07) is 2.32. The van der Waals surface area contributed by atoms with Gasteiger partial charge in [0, 0.05) is 0 Å². The molecule has 0 fully saturated rings. The second-order valence-electron chi connectivity index (χ2n) is 1.88. The van der Waals surface area contributed by atoms with Gasteiger partial charge in [0.25, 0.3) is 0 Å². The molecule has 0 rings (SSSR count). The summed E-state index contributed by atoms with van der Waals surface area (Å²) in [4.78, 5) is 3.73. The first-order valence-electron chi connectivity index (χ1n) is 2.92. The summed E-state index contributed by atoms with van der Waals surface area (Å²) in [5.74, 6) is 0. The van der Waals surface area contributed by atoms with Crippen molar-refractivity contribution < 1.29 is 0 Å². The van der Waals surface area contributed by atoms with Crippen LogP contribution in [0.1, 0.15) is 26.7 Å². The van der Waals surface area contributed by atoms with Gasteiger partial charge in [-0.25, -0.2) is 10.4 Å². The van der Waals surface area contributed by atoms with Crippen LogP contribution in [0.2, 0.25) is 0 Å². The Morgan fingerprint density at radius 3 is 2.56 bits per heavy atom. The van der Waals surface area contributed by atoms with E-state index in [0.29, 0.717) is 0 Å². The van der Waals surface area contributed by atoms with Crippen LogP contribution < -0.4 is 0 Å². The second kappa shape index (κ2) is 7.67. The highest BCUT2D eigenvalue weighted by Gasteiger charge is 1.92. The summed E-state index contributed by atoms with van der Waals surface area (Å²) in [5.41, 5.74) is 0. The van der Waals surface area contributed by atoms with E-state index in [1.807, 2.05) is 12.9 Å². The van der Waals surface area contributed by atoms with Crippen LogP contribution in [0.15, 0.2) is 4.99 Å². The van der Waals surface area contributed by atoms with Gasteiger partial charge in [-0.15, -0.1) is 12.4 Å². The van der Waals surface area contributed by atoms with E-state index in [1.165, 1.54) is 0 Å². The Bertz CT molecular complexity index is 97.2. The number of hydrogen-bond donors (Lipinski definition) is 1. The monoisotopic (exact) mass is 148 g/mol. The number of aliphatic imine (C=N–C) groups is 1. The van der Waals surface area contributed by atoms with E-state index >= 15 is 0 Å². The Morgan fingerprint density at radius 2 is 2.22 bits per heavy atom. The predicted molar refractivity (Wildman–Crippen MR) is 41.8 cm³/mol. The van der Waals surface area contributed by atoms with Gasteiger partial charge in [0.15, 0.2) is 0 Å². The minimum Gasteiger partial charge on any atom is -0.242 e. The smallest absolute Gasteiger partial charge is 0.0864 e. The largest absolute Gasteiger partial charge is 0.242 e. The van der Waals surface area contributed by atoms with Crippen LogP contribution in [0.3, 0.4) is 0 Å². The topological polar surface area (TPSA) is 36.2 Å². The molecule has 1 unspecified atom stereocenters. The van der Waals surface area contributed by atoms with Crippen molar-refractivity contribution in [3.05, 3.63) is 0 Å². The standard InChI is InChI=1S/C6H12N2.ClH/c1-3-4-6(2)8-5-7;/h6-7H,3-4H2,1-2H3;1H. The third-order valence-corrected chi connectivity index (χ3v) is 0.991. The lowest BCUT2D eigenvalue weighted by Gasteiger charge is -1.97. The van der Waals surface area contributed by atoms with Gasteiger partial charge in [-0.05, 0) is 13.3 Å². The minimum absolute atomic E-state index is 0. The van der Waals surface area contributed by atoms with Crippen molar-refractivity contribution in [3.8, 4) is 0 Å². The molecule has 0 heterocycles. The number of nitrogens with zero attached hydrogens (tertiary/aromatic N) is 1. The molecule has 1 N–H and O–H groups in total. The normalized spacial score (nSPS) is 10.9. The molecule has 0 bridgehead atoms. The molecule has 0 aliphatic heterocycles. The second-order valence-corrected chi connectivity index (χ2v) is 1.88. The molecule has 0 aromatic rings. The number of nitrogens with one attached hydrogen (secondary N) is 1. The van der Waals surface area contributed by atoms with Crippen LogP contribution in [-0.4, -0.2) is 12.1 Å². The Kier molecular flexibility index (Phi) is 9.77. The number of halogens is 1. The summed E-state index contributed by atoms with van der Waals surface area (Å²) in [6.07, 6.45) is 2.19. The number of rotatable bonds is 3. The predicted octanol–water partition coefficient (Wildman–Crippen LogP) is 2.35. The van der Waals surface area contributed by atoms with Crippen molar-refractivity contribution >= 4 is 18.4 Å². The molecule has 0 aromatic carbocycles. The Hall–Kier alpha value is -0.330. The zero-order valence-corrected chi connectivity index (χ0v) is 6.66. The van der Waals surface area contributed by atoms with E-state index in [0.717, 1.165) is 12.8 Å². The molecule has 0 radical (unpaired) electrons. The molecule has 0 aliphatic carbocycles. The zero-order chi connectivity index (χ0) is 6.41. The molecule has 3 heteroatoms. The Labute approximate surface area is 62.3 Å². The fraction of sp³-hybridized carbons (Fsp3) is 0.833. The van der Waals surface area contributed by atoms with Crippen LogP contribution >= 0.6 is 12.4 Å². The molecular formula is C6H13ClN2. The van der Waals surface area contributed by atoms with E-state index in [9.17, 15) is 0 Å². The van der Waals surface area contributed by atoms with Gasteiger partial charge in [-0.1, -0.05) is 13.3 Å². The average Bonchev–Trinajstić information content (AvgIpc) is 1.68. The summed E-state index contributed by atoms with van der Waals surface area (Å²) in [7, 11) is 0. The van der Waals surface area contributed by atoms with E-state index in [4.69, 9.17) is 5.41 Å². The maximum absolute atomic E-state index is 6.49. The van der Waals surface area contributed by atoms with Crippen molar-refractivity contribution in [1.29, 1.82) is 5.41 Å². The summed E-state index contributed by atoms with van der Waals surface area (Å²) in [5, 5.41) is 6.49. The molecule has 0 saturated carbocycles.